The Morgan fingerprint density at radius 3 is 2.36 bits per heavy atom. The van der Waals surface area contributed by atoms with Gasteiger partial charge in [0, 0.05) is 24.4 Å². The lowest BCUT2D eigenvalue weighted by atomic mass is 10.2. The number of nitro benzene ring substituents is 1. The highest BCUT2D eigenvalue weighted by molar-refractivity contribution is 5.94. The van der Waals surface area contributed by atoms with E-state index in [9.17, 15) is 19.7 Å². The molecule has 120 valence electrons. The highest BCUT2D eigenvalue weighted by Gasteiger charge is 2.21. The normalized spacial score (nSPS) is 13.2. The van der Waals surface area contributed by atoms with E-state index in [0.717, 1.165) is 0 Å². The molecule has 2 atom stereocenters. The second-order valence-corrected chi connectivity index (χ2v) is 4.70. The van der Waals surface area contributed by atoms with Gasteiger partial charge in [0.05, 0.1) is 17.4 Å². The summed E-state index contributed by atoms with van der Waals surface area (Å²) < 4.78 is 0. The number of carbonyl (C=O) groups is 2. The number of nitrogens with one attached hydrogen (secondary N) is 2. The number of aliphatic hydroxyl groups excluding tert-OH is 1. The summed E-state index contributed by atoms with van der Waals surface area (Å²) in [5.74, 6) is -1.76. The van der Waals surface area contributed by atoms with Gasteiger partial charge in [-0.05, 0) is 19.1 Å². The molecule has 4 N–H and O–H groups in total. The molecule has 0 aromatic heterocycles. The van der Waals surface area contributed by atoms with Crippen molar-refractivity contribution in [1.29, 1.82) is 0 Å². The molecule has 0 aliphatic heterocycles. The highest BCUT2D eigenvalue weighted by Crippen LogP contribution is 2.15. The predicted molar refractivity (Wildman–Crippen MR) is 77.5 cm³/mol. The van der Waals surface area contributed by atoms with Gasteiger partial charge in [-0.25, -0.2) is 0 Å². The molecule has 22 heavy (non-hydrogen) atoms. The number of aliphatic hydroxyl groups is 1. The summed E-state index contributed by atoms with van der Waals surface area (Å²) in [4.78, 5) is 32.7. The zero-order valence-corrected chi connectivity index (χ0v) is 11.9. The van der Waals surface area contributed by atoms with Gasteiger partial charge in [-0.3, -0.25) is 19.7 Å². The van der Waals surface area contributed by atoms with Gasteiger partial charge < -0.3 is 20.8 Å². The average Bonchev–Trinajstić information content (AvgIpc) is 2.43. The lowest BCUT2D eigenvalue weighted by molar-refractivity contribution is -0.384. The number of nitro groups is 1. The number of anilines is 1. The number of carboxylic acids is 1. The first-order chi connectivity index (χ1) is 10.3. The number of carboxylic acid groups (broad SMARTS) is 1. The molecule has 0 bridgehead atoms. The summed E-state index contributed by atoms with van der Waals surface area (Å²) in [6.07, 6.45) is -1.07. The van der Waals surface area contributed by atoms with E-state index in [1.165, 1.54) is 31.2 Å². The Morgan fingerprint density at radius 2 is 1.91 bits per heavy atom. The number of hydrogen-bond donors (Lipinski definition) is 4. The summed E-state index contributed by atoms with van der Waals surface area (Å²) in [5, 5.41) is 33.6. The zero-order valence-electron chi connectivity index (χ0n) is 11.9. The summed E-state index contributed by atoms with van der Waals surface area (Å²) in [5.41, 5.74) is 0.218. The van der Waals surface area contributed by atoms with Crippen molar-refractivity contribution in [2.75, 3.05) is 11.9 Å². The Hall–Kier alpha value is -2.52. The minimum Gasteiger partial charge on any atom is -0.480 e. The monoisotopic (exact) mass is 311 g/mol. The first-order valence-corrected chi connectivity index (χ1v) is 6.48. The molecule has 0 saturated heterocycles. The van der Waals surface area contributed by atoms with Crippen molar-refractivity contribution in [3.05, 3.63) is 34.4 Å². The van der Waals surface area contributed by atoms with Crippen LogP contribution in [0.3, 0.4) is 0 Å². The fraction of sp³-hybridized carbons (Fsp3) is 0.385. The molecule has 2 unspecified atom stereocenters. The number of aliphatic carboxylic acids is 1. The number of nitrogens with zero attached hydrogens (tertiary/aromatic N) is 1. The minimum atomic E-state index is -1.21. The Labute approximate surface area is 126 Å². The van der Waals surface area contributed by atoms with Crippen molar-refractivity contribution in [1.82, 2.24) is 5.32 Å². The van der Waals surface area contributed by atoms with E-state index in [0.29, 0.717) is 5.69 Å². The van der Waals surface area contributed by atoms with Crippen LogP contribution in [0.1, 0.15) is 13.3 Å². The molecule has 9 heteroatoms. The van der Waals surface area contributed by atoms with Crippen molar-refractivity contribution < 1.29 is 24.7 Å². The molecule has 0 heterocycles. The van der Waals surface area contributed by atoms with Crippen molar-refractivity contribution in [2.24, 2.45) is 0 Å². The average molecular weight is 311 g/mol. The maximum atomic E-state index is 11.8. The van der Waals surface area contributed by atoms with Crippen LogP contribution in [0.2, 0.25) is 0 Å². The van der Waals surface area contributed by atoms with Crippen molar-refractivity contribution >= 4 is 23.3 Å². The fourth-order valence-corrected chi connectivity index (χ4v) is 1.62. The molecule has 9 nitrogen and oxygen atoms in total. The first-order valence-electron chi connectivity index (χ1n) is 6.48. The lowest BCUT2D eigenvalue weighted by Crippen LogP contribution is -2.42. The van der Waals surface area contributed by atoms with Gasteiger partial charge in [-0.1, -0.05) is 0 Å². The van der Waals surface area contributed by atoms with Crippen LogP contribution >= 0.6 is 0 Å². The molecule has 1 amide bonds. The number of rotatable bonds is 8. The smallest absolute Gasteiger partial charge is 0.321 e. The number of non-ortho nitro benzene ring substituents is 1. The molecular weight excluding hydrogens is 294 g/mol. The molecule has 0 aliphatic rings. The maximum absolute atomic E-state index is 11.8. The molecule has 0 aliphatic carbocycles. The Kier molecular flexibility index (Phi) is 6.42. The SMILES string of the molecule is CC(O)CNC(CC(=O)Nc1ccc([N+](=O)[O-])cc1)C(=O)O. The predicted octanol–water partition coefficient (Wildman–Crippen LogP) is 0.347. The van der Waals surface area contributed by atoms with Gasteiger partial charge in [0.1, 0.15) is 6.04 Å². The number of benzene rings is 1. The maximum Gasteiger partial charge on any atom is 0.321 e. The van der Waals surface area contributed by atoms with Gasteiger partial charge in [-0.2, -0.15) is 0 Å². The lowest BCUT2D eigenvalue weighted by Gasteiger charge is -2.15. The first kappa shape index (κ1) is 17.5. The molecule has 1 aromatic rings. The number of carbonyl (C=O) groups excluding carboxylic acids is 1. The molecule has 0 saturated carbocycles. The van der Waals surface area contributed by atoms with E-state index in [2.05, 4.69) is 10.6 Å². The van der Waals surface area contributed by atoms with Crippen LogP contribution in [0.5, 0.6) is 0 Å². The zero-order chi connectivity index (χ0) is 16.7. The van der Waals surface area contributed by atoms with Crippen LogP contribution in [0.25, 0.3) is 0 Å². The van der Waals surface area contributed by atoms with Crippen molar-refractivity contribution in [3.8, 4) is 0 Å². The fourth-order valence-electron chi connectivity index (χ4n) is 1.62. The molecule has 1 aromatic carbocycles. The molecule has 0 spiro atoms. The number of hydrogen-bond acceptors (Lipinski definition) is 6. The van der Waals surface area contributed by atoms with E-state index in [1.54, 1.807) is 0 Å². The summed E-state index contributed by atoms with van der Waals surface area (Å²) in [6, 6.07) is 4.04. The summed E-state index contributed by atoms with van der Waals surface area (Å²) in [6.45, 7) is 1.53. The van der Waals surface area contributed by atoms with Gasteiger partial charge in [0.25, 0.3) is 5.69 Å². The highest BCUT2D eigenvalue weighted by atomic mass is 16.6. The molecule has 0 radical (unpaired) electrons. The second kappa shape index (κ2) is 8.05. The van der Waals surface area contributed by atoms with Gasteiger partial charge in [-0.15, -0.1) is 0 Å². The van der Waals surface area contributed by atoms with E-state index >= 15 is 0 Å². The minimum absolute atomic E-state index is 0.0434. The van der Waals surface area contributed by atoms with Crippen LogP contribution in [-0.4, -0.2) is 45.7 Å². The van der Waals surface area contributed by atoms with E-state index in [-0.39, 0.29) is 18.7 Å². The Balaban J connectivity index is 2.59. The van der Waals surface area contributed by atoms with Crippen LogP contribution in [0.4, 0.5) is 11.4 Å². The topological polar surface area (TPSA) is 142 Å². The summed E-state index contributed by atoms with van der Waals surface area (Å²) in [7, 11) is 0. The Morgan fingerprint density at radius 1 is 1.32 bits per heavy atom. The van der Waals surface area contributed by atoms with Gasteiger partial charge >= 0.3 is 5.97 Å². The van der Waals surface area contributed by atoms with Crippen LogP contribution in [-0.2, 0) is 9.59 Å². The molecule has 0 fully saturated rings. The third-order valence-electron chi connectivity index (χ3n) is 2.71. The van der Waals surface area contributed by atoms with Crippen LogP contribution in [0, 0.1) is 10.1 Å². The van der Waals surface area contributed by atoms with Crippen molar-refractivity contribution in [3.63, 3.8) is 0 Å². The largest absolute Gasteiger partial charge is 0.480 e. The van der Waals surface area contributed by atoms with Crippen molar-refractivity contribution in [2.45, 2.75) is 25.5 Å². The van der Waals surface area contributed by atoms with E-state index in [4.69, 9.17) is 10.2 Å². The molecule has 1 rings (SSSR count). The summed E-state index contributed by atoms with van der Waals surface area (Å²) >= 11 is 0. The van der Waals surface area contributed by atoms with Gasteiger partial charge in [0.15, 0.2) is 0 Å². The second-order valence-electron chi connectivity index (χ2n) is 4.70. The van der Waals surface area contributed by atoms with Crippen LogP contribution < -0.4 is 10.6 Å². The number of amides is 1. The molecular formula is C13H17N3O6. The third-order valence-corrected chi connectivity index (χ3v) is 2.71. The quantitative estimate of drug-likeness (QED) is 0.400. The third kappa shape index (κ3) is 5.85. The van der Waals surface area contributed by atoms with Gasteiger partial charge in [0.2, 0.25) is 5.91 Å². The Bertz CT molecular complexity index is 543. The van der Waals surface area contributed by atoms with Crippen LogP contribution in [0.15, 0.2) is 24.3 Å². The van der Waals surface area contributed by atoms with E-state index in [1.807, 2.05) is 0 Å². The standard InChI is InChI=1S/C13H17N3O6/c1-8(17)7-14-11(13(19)20)6-12(18)15-9-2-4-10(5-3-9)16(21)22/h2-5,8,11,14,17H,6-7H2,1H3,(H,15,18)(H,19,20). The van der Waals surface area contributed by atoms with E-state index < -0.39 is 28.9 Å².